The van der Waals surface area contributed by atoms with Crippen molar-refractivity contribution >= 4 is 21.6 Å². The van der Waals surface area contributed by atoms with E-state index in [2.05, 4.69) is 11.4 Å². The van der Waals surface area contributed by atoms with Crippen LogP contribution in [-0.2, 0) is 22.7 Å². The predicted octanol–water partition coefficient (Wildman–Crippen LogP) is 3.23. The van der Waals surface area contributed by atoms with E-state index in [1.807, 2.05) is 55.3 Å². The summed E-state index contributed by atoms with van der Waals surface area (Å²) in [7, 11) is 3.87. The average molecular weight is 410 g/mol. The average Bonchev–Trinajstić information content (AvgIpc) is 3.30. The van der Waals surface area contributed by atoms with E-state index in [1.165, 1.54) is 17.2 Å². The number of fused-ring (bicyclic) bond motifs is 2. The third kappa shape index (κ3) is 3.40. The highest BCUT2D eigenvalue weighted by Gasteiger charge is 2.51. The van der Waals surface area contributed by atoms with E-state index in [0.717, 1.165) is 29.0 Å². The molecule has 2 N–H and O–H groups in total. The van der Waals surface area contributed by atoms with Crippen LogP contribution in [0.2, 0.25) is 0 Å². The lowest BCUT2D eigenvalue weighted by Crippen LogP contribution is -2.41. The summed E-state index contributed by atoms with van der Waals surface area (Å²) in [5.41, 5.74) is 2.08. The standard InChI is InChI=1S/C20H29N2O3S2/c1-19(2)14-7-12-8-18(16(23)11-21-10-13-5-6-26-27-13)25-17(12)9-15(14)20(3,4)22(19)24/h7,9,13,16,18,21,23H,5-6,8,10-11H2,1-4H3. The Morgan fingerprint density at radius 2 is 2.00 bits per heavy atom. The van der Waals surface area contributed by atoms with E-state index in [-0.39, 0.29) is 6.10 Å². The second kappa shape index (κ2) is 7.11. The van der Waals surface area contributed by atoms with E-state index < -0.39 is 17.2 Å². The van der Waals surface area contributed by atoms with Crippen LogP contribution in [0.25, 0.3) is 0 Å². The molecule has 0 spiro atoms. The highest BCUT2D eigenvalue weighted by Crippen LogP contribution is 2.51. The van der Waals surface area contributed by atoms with Gasteiger partial charge in [0.15, 0.2) is 0 Å². The Kier molecular flexibility index (Phi) is 5.23. The maximum absolute atomic E-state index is 12.8. The van der Waals surface area contributed by atoms with Crippen molar-refractivity contribution in [2.45, 2.75) is 69.1 Å². The fraction of sp³-hybridized carbons (Fsp3) is 0.700. The van der Waals surface area contributed by atoms with Crippen molar-refractivity contribution in [2.75, 3.05) is 18.8 Å². The second-order valence-corrected chi connectivity index (χ2v) is 11.6. The van der Waals surface area contributed by atoms with Crippen molar-refractivity contribution in [2.24, 2.45) is 0 Å². The maximum atomic E-state index is 12.8. The molecule has 3 atom stereocenters. The number of hydroxylamine groups is 2. The number of nitrogens with zero attached hydrogens (tertiary/aromatic N) is 1. The minimum absolute atomic E-state index is 0.227. The van der Waals surface area contributed by atoms with Gasteiger partial charge in [-0.2, -0.15) is 0 Å². The van der Waals surface area contributed by atoms with Gasteiger partial charge < -0.3 is 15.2 Å². The van der Waals surface area contributed by atoms with Crippen LogP contribution in [0.3, 0.4) is 0 Å². The first-order valence-electron chi connectivity index (χ1n) is 9.70. The maximum Gasteiger partial charge on any atom is 0.130 e. The molecule has 3 unspecified atom stereocenters. The minimum Gasteiger partial charge on any atom is -0.487 e. The third-order valence-corrected chi connectivity index (χ3v) is 9.05. The summed E-state index contributed by atoms with van der Waals surface area (Å²) >= 11 is 0. The lowest BCUT2D eigenvalue weighted by atomic mass is 9.88. The molecule has 27 heavy (non-hydrogen) atoms. The van der Waals surface area contributed by atoms with Gasteiger partial charge in [0.25, 0.3) is 0 Å². The van der Waals surface area contributed by atoms with Crippen LogP contribution in [-0.4, -0.2) is 46.5 Å². The van der Waals surface area contributed by atoms with E-state index in [4.69, 9.17) is 4.74 Å². The normalized spacial score (nSPS) is 29.4. The number of aliphatic hydroxyl groups is 1. The van der Waals surface area contributed by atoms with Gasteiger partial charge >= 0.3 is 0 Å². The molecule has 3 aliphatic heterocycles. The van der Waals surface area contributed by atoms with Crippen LogP contribution < -0.4 is 10.1 Å². The van der Waals surface area contributed by atoms with Crippen LogP contribution in [0.4, 0.5) is 0 Å². The van der Waals surface area contributed by atoms with Crippen molar-refractivity contribution < 1.29 is 15.1 Å². The molecule has 0 amide bonds. The Morgan fingerprint density at radius 3 is 2.67 bits per heavy atom. The quantitative estimate of drug-likeness (QED) is 0.728. The summed E-state index contributed by atoms with van der Waals surface area (Å²) in [5.74, 6) is 2.04. The molecule has 7 heteroatoms. The zero-order chi connectivity index (χ0) is 19.4. The van der Waals surface area contributed by atoms with E-state index in [0.29, 0.717) is 18.2 Å². The summed E-state index contributed by atoms with van der Waals surface area (Å²) in [6, 6.07) is 4.15. The van der Waals surface area contributed by atoms with Gasteiger partial charge in [0.2, 0.25) is 0 Å². The largest absolute Gasteiger partial charge is 0.487 e. The van der Waals surface area contributed by atoms with Crippen molar-refractivity contribution in [3.63, 3.8) is 0 Å². The summed E-state index contributed by atoms with van der Waals surface area (Å²) in [4.78, 5) is 0. The van der Waals surface area contributed by atoms with Gasteiger partial charge in [0.1, 0.15) is 18.0 Å². The van der Waals surface area contributed by atoms with Gasteiger partial charge in [-0.25, -0.2) is 0 Å². The van der Waals surface area contributed by atoms with Gasteiger partial charge in [0, 0.05) is 30.5 Å². The van der Waals surface area contributed by atoms with Crippen LogP contribution >= 0.6 is 21.6 Å². The lowest BCUT2D eigenvalue weighted by Gasteiger charge is -2.32. The zero-order valence-corrected chi connectivity index (χ0v) is 18.1. The molecule has 3 aliphatic rings. The van der Waals surface area contributed by atoms with E-state index in [1.54, 1.807) is 0 Å². The first kappa shape index (κ1) is 19.9. The number of ether oxygens (including phenoxy) is 1. The second-order valence-electron chi connectivity index (χ2n) is 8.83. The number of rotatable bonds is 5. The molecule has 4 rings (SSSR count). The number of benzene rings is 1. The Bertz CT molecular complexity index is 674. The Balaban J connectivity index is 1.44. The summed E-state index contributed by atoms with van der Waals surface area (Å²) in [6.45, 7) is 9.36. The number of nitrogens with one attached hydrogen (secondary N) is 1. The van der Waals surface area contributed by atoms with Crippen molar-refractivity contribution in [1.29, 1.82) is 0 Å². The molecule has 1 fully saturated rings. The highest BCUT2D eigenvalue weighted by atomic mass is 33.1. The van der Waals surface area contributed by atoms with Crippen molar-refractivity contribution in [1.82, 2.24) is 10.4 Å². The van der Waals surface area contributed by atoms with Crippen LogP contribution in [0, 0.1) is 0 Å². The predicted molar refractivity (Wildman–Crippen MR) is 110 cm³/mol. The first-order chi connectivity index (χ1) is 12.7. The van der Waals surface area contributed by atoms with E-state index in [9.17, 15) is 10.3 Å². The molecule has 0 aliphatic carbocycles. The SMILES string of the molecule is CC1(C)c2cc3c(cc2C(C)(C)N1[O])OC(C(O)CNCC1CCSS1)C3. The van der Waals surface area contributed by atoms with Crippen LogP contribution in [0.1, 0.15) is 50.8 Å². The first-order valence-corrected chi connectivity index (χ1v) is 12.1. The molecule has 5 nitrogen and oxygen atoms in total. The van der Waals surface area contributed by atoms with Crippen LogP contribution in [0.15, 0.2) is 12.1 Å². The number of aliphatic hydroxyl groups excluding tert-OH is 1. The molecule has 3 heterocycles. The zero-order valence-electron chi connectivity index (χ0n) is 16.4. The topological polar surface area (TPSA) is 64.6 Å². The molecule has 1 radical (unpaired) electrons. The van der Waals surface area contributed by atoms with Crippen molar-refractivity contribution in [3.8, 4) is 5.75 Å². The third-order valence-electron chi connectivity index (χ3n) is 6.12. The molecule has 1 saturated heterocycles. The molecular weight excluding hydrogens is 380 g/mol. The molecule has 1 aromatic carbocycles. The van der Waals surface area contributed by atoms with Gasteiger partial charge in [-0.3, -0.25) is 0 Å². The summed E-state index contributed by atoms with van der Waals surface area (Å²) in [6.07, 6.45) is 1.16. The molecular formula is C20H29N2O3S2. The Morgan fingerprint density at radius 1 is 1.30 bits per heavy atom. The molecule has 149 valence electrons. The number of hydrogen-bond donors (Lipinski definition) is 2. The molecule has 0 bridgehead atoms. The van der Waals surface area contributed by atoms with Gasteiger partial charge in [-0.15, -0.1) is 10.3 Å². The summed E-state index contributed by atoms with van der Waals surface area (Å²) in [5, 5.41) is 28.6. The monoisotopic (exact) mass is 409 g/mol. The molecule has 0 aromatic heterocycles. The van der Waals surface area contributed by atoms with Crippen LogP contribution in [0.5, 0.6) is 5.75 Å². The van der Waals surface area contributed by atoms with Gasteiger partial charge in [-0.1, -0.05) is 21.6 Å². The Hall–Kier alpha value is -0.440. The lowest BCUT2D eigenvalue weighted by molar-refractivity contribution is -0.266. The molecule has 0 saturated carbocycles. The highest BCUT2D eigenvalue weighted by molar-refractivity contribution is 8.77. The number of hydrogen-bond acceptors (Lipinski definition) is 6. The Labute approximate surface area is 169 Å². The van der Waals surface area contributed by atoms with Gasteiger partial charge in [0.05, 0.1) is 11.1 Å². The fourth-order valence-corrected chi connectivity index (χ4v) is 7.36. The van der Waals surface area contributed by atoms with Crippen molar-refractivity contribution in [3.05, 3.63) is 28.8 Å². The van der Waals surface area contributed by atoms with Gasteiger partial charge in [-0.05, 0) is 62.9 Å². The fourth-order valence-electron chi connectivity index (χ4n) is 4.49. The summed E-state index contributed by atoms with van der Waals surface area (Å²) < 4.78 is 6.09. The minimum atomic E-state index is -0.577. The molecule has 1 aromatic rings. The van der Waals surface area contributed by atoms with E-state index >= 15 is 0 Å². The smallest absolute Gasteiger partial charge is 0.130 e.